The Morgan fingerprint density at radius 2 is 2.09 bits per heavy atom. The van der Waals surface area contributed by atoms with Gasteiger partial charge in [0.05, 0.1) is 24.9 Å². The maximum absolute atomic E-state index is 12.6. The molecule has 0 saturated carbocycles. The summed E-state index contributed by atoms with van der Waals surface area (Å²) in [5.74, 6) is 1.09. The highest BCUT2D eigenvalue weighted by Crippen LogP contribution is 2.28. The van der Waals surface area contributed by atoms with Crippen LogP contribution in [-0.4, -0.2) is 18.0 Å². The molecule has 0 radical (unpaired) electrons. The Hall–Kier alpha value is -2.82. The van der Waals surface area contributed by atoms with Crippen LogP contribution in [0.1, 0.15) is 27.5 Å². The third kappa shape index (κ3) is 3.04. The molecule has 118 valence electrons. The number of benzene rings is 1. The van der Waals surface area contributed by atoms with Crippen LogP contribution in [0.25, 0.3) is 11.0 Å². The molecule has 2 aromatic heterocycles. The predicted molar refractivity (Wildman–Crippen MR) is 87.6 cm³/mol. The highest BCUT2D eigenvalue weighted by atomic mass is 16.5. The van der Waals surface area contributed by atoms with Crippen molar-refractivity contribution in [2.75, 3.05) is 7.11 Å². The molecule has 5 nitrogen and oxygen atoms in total. The van der Waals surface area contributed by atoms with Crippen LogP contribution in [0.4, 0.5) is 0 Å². The fourth-order valence-corrected chi connectivity index (χ4v) is 2.57. The van der Waals surface area contributed by atoms with Crippen LogP contribution in [0.15, 0.2) is 40.8 Å². The molecule has 0 atom stereocenters. The quantitative estimate of drug-likeness (QED) is 0.802. The van der Waals surface area contributed by atoms with E-state index in [2.05, 4.69) is 10.3 Å². The van der Waals surface area contributed by atoms with E-state index in [0.717, 1.165) is 16.8 Å². The Morgan fingerprint density at radius 3 is 2.83 bits per heavy atom. The van der Waals surface area contributed by atoms with Crippen molar-refractivity contribution >= 4 is 16.9 Å². The molecule has 0 aliphatic carbocycles. The molecule has 2 heterocycles. The zero-order chi connectivity index (χ0) is 16.4. The van der Waals surface area contributed by atoms with Gasteiger partial charge in [0.15, 0.2) is 0 Å². The topological polar surface area (TPSA) is 64.4 Å². The Morgan fingerprint density at radius 1 is 1.26 bits per heavy atom. The third-order valence-electron chi connectivity index (χ3n) is 3.67. The summed E-state index contributed by atoms with van der Waals surface area (Å²) in [7, 11) is 1.59. The van der Waals surface area contributed by atoms with E-state index in [1.807, 2.05) is 37.3 Å². The molecule has 1 amide bonds. The van der Waals surface area contributed by atoms with Crippen LogP contribution in [-0.2, 0) is 6.54 Å². The van der Waals surface area contributed by atoms with Crippen molar-refractivity contribution in [1.29, 1.82) is 0 Å². The van der Waals surface area contributed by atoms with Gasteiger partial charge in [0.2, 0.25) is 0 Å². The molecule has 3 rings (SSSR count). The number of nitrogens with one attached hydrogen (secondary N) is 1. The number of nitrogens with zero attached hydrogens (tertiary/aromatic N) is 1. The van der Waals surface area contributed by atoms with E-state index in [1.165, 1.54) is 0 Å². The highest BCUT2D eigenvalue weighted by molar-refractivity contribution is 6.07. The van der Waals surface area contributed by atoms with Crippen molar-refractivity contribution in [2.45, 2.75) is 20.4 Å². The minimum absolute atomic E-state index is 0.183. The SMILES string of the molecule is COc1ccc2oc(C)c(C(=O)NCc3cccc(C)n3)c2c1. The normalized spacial score (nSPS) is 10.7. The van der Waals surface area contributed by atoms with Gasteiger partial charge in [0, 0.05) is 11.1 Å². The molecular weight excluding hydrogens is 292 g/mol. The lowest BCUT2D eigenvalue weighted by atomic mass is 10.1. The molecule has 3 aromatic rings. The van der Waals surface area contributed by atoms with E-state index in [-0.39, 0.29) is 5.91 Å². The first-order chi connectivity index (χ1) is 11.1. The van der Waals surface area contributed by atoms with E-state index in [9.17, 15) is 4.79 Å². The minimum atomic E-state index is -0.183. The van der Waals surface area contributed by atoms with Crippen LogP contribution in [0.5, 0.6) is 5.75 Å². The number of hydrogen-bond donors (Lipinski definition) is 1. The summed E-state index contributed by atoms with van der Waals surface area (Å²) >= 11 is 0. The van der Waals surface area contributed by atoms with Crippen molar-refractivity contribution in [1.82, 2.24) is 10.3 Å². The van der Waals surface area contributed by atoms with E-state index >= 15 is 0 Å². The van der Waals surface area contributed by atoms with Gasteiger partial charge in [-0.1, -0.05) is 6.07 Å². The first-order valence-electron chi connectivity index (χ1n) is 7.36. The number of aryl methyl sites for hydroxylation is 2. The second kappa shape index (κ2) is 6.12. The summed E-state index contributed by atoms with van der Waals surface area (Å²) in [5.41, 5.74) is 2.95. The molecule has 0 bridgehead atoms. The number of methoxy groups -OCH3 is 1. The number of furan rings is 1. The number of carbonyl (C=O) groups is 1. The number of ether oxygens (including phenoxy) is 1. The summed E-state index contributed by atoms with van der Waals surface area (Å²) in [5, 5.41) is 3.64. The number of carbonyl (C=O) groups excluding carboxylic acids is 1. The van der Waals surface area contributed by atoms with Crippen LogP contribution in [0.3, 0.4) is 0 Å². The summed E-state index contributed by atoms with van der Waals surface area (Å²) in [4.78, 5) is 16.9. The van der Waals surface area contributed by atoms with Crippen LogP contribution < -0.4 is 10.1 Å². The van der Waals surface area contributed by atoms with E-state index in [1.54, 1.807) is 20.1 Å². The third-order valence-corrected chi connectivity index (χ3v) is 3.67. The predicted octanol–water partition coefficient (Wildman–Crippen LogP) is 3.38. The molecule has 5 heteroatoms. The van der Waals surface area contributed by atoms with Gasteiger partial charge >= 0.3 is 0 Å². The van der Waals surface area contributed by atoms with E-state index in [4.69, 9.17) is 9.15 Å². The van der Waals surface area contributed by atoms with E-state index in [0.29, 0.717) is 29.2 Å². The lowest BCUT2D eigenvalue weighted by Crippen LogP contribution is -2.23. The zero-order valence-corrected chi connectivity index (χ0v) is 13.3. The fraction of sp³-hybridized carbons (Fsp3) is 0.222. The molecule has 0 saturated heterocycles. The average molecular weight is 310 g/mol. The Kier molecular flexibility index (Phi) is 4.02. The van der Waals surface area contributed by atoms with Gasteiger partial charge in [-0.3, -0.25) is 9.78 Å². The number of rotatable bonds is 4. The molecule has 1 aromatic carbocycles. The van der Waals surface area contributed by atoms with Gasteiger partial charge in [-0.25, -0.2) is 0 Å². The first-order valence-corrected chi connectivity index (χ1v) is 7.36. The van der Waals surface area contributed by atoms with Gasteiger partial charge in [-0.2, -0.15) is 0 Å². The smallest absolute Gasteiger partial charge is 0.255 e. The molecule has 0 unspecified atom stereocenters. The molecule has 0 spiro atoms. The van der Waals surface area contributed by atoms with Gasteiger partial charge < -0.3 is 14.5 Å². The largest absolute Gasteiger partial charge is 0.497 e. The zero-order valence-electron chi connectivity index (χ0n) is 13.3. The van der Waals surface area contributed by atoms with Crippen LogP contribution in [0.2, 0.25) is 0 Å². The second-order valence-electron chi connectivity index (χ2n) is 5.35. The van der Waals surface area contributed by atoms with E-state index < -0.39 is 0 Å². The summed E-state index contributed by atoms with van der Waals surface area (Å²) in [6.45, 7) is 4.08. The number of pyridine rings is 1. The van der Waals surface area contributed by atoms with Gasteiger partial charge in [-0.05, 0) is 44.2 Å². The second-order valence-corrected chi connectivity index (χ2v) is 5.35. The monoisotopic (exact) mass is 310 g/mol. The highest BCUT2D eigenvalue weighted by Gasteiger charge is 2.18. The summed E-state index contributed by atoms with van der Waals surface area (Å²) in [6, 6.07) is 11.2. The number of hydrogen-bond acceptors (Lipinski definition) is 4. The Balaban J connectivity index is 1.87. The maximum atomic E-state index is 12.6. The molecular formula is C18H18N2O3. The molecule has 0 aliphatic heterocycles. The first kappa shape index (κ1) is 15.1. The molecule has 0 fully saturated rings. The summed E-state index contributed by atoms with van der Waals surface area (Å²) < 4.78 is 10.9. The van der Waals surface area contributed by atoms with Crippen LogP contribution >= 0.6 is 0 Å². The van der Waals surface area contributed by atoms with Crippen molar-refractivity contribution in [3.63, 3.8) is 0 Å². The van der Waals surface area contributed by atoms with Crippen molar-refractivity contribution in [3.05, 3.63) is 59.1 Å². The van der Waals surface area contributed by atoms with Gasteiger partial charge in [0.25, 0.3) is 5.91 Å². The van der Waals surface area contributed by atoms with Gasteiger partial charge in [0.1, 0.15) is 17.1 Å². The van der Waals surface area contributed by atoms with Crippen molar-refractivity contribution < 1.29 is 13.9 Å². The molecule has 0 aliphatic rings. The van der Waals surface area contributed by atoms with Crippen molar-refractivity contribution in [3.8, 4) is 5.75 Å². The molecule has 1 N–H and O–H groups in total. The Bertz CT molecular complexity index is 868. The average Bonchev–Trinajstić information content (AvgIpc) is 2.87. The minimum Gasteiger partial charge on any atom is -0.497 e. The lowest BCUT2D eigenvalue weighted by molar-refractivity contribution is 0.0950. The maximum Gasteiger partial charge on any atom is 0.255 e. The number of aromatic nitrogens is 1. The number of amides is 1. The fourth-order valence-electron chi connectivity index (χ4n) is 2.57. The van der Waals surface area contributed by atoms with Gasteiger partial charge in [-0.15, -0.1) is 0 Å². The lowest BCUT2D eigenvalue weighted by Gasteiger charge is -2.05. The summed E-state index contributed by atoms with van der Waals surface area (Å²) in [6.07, 6.45) is 0. The van der Waals surface area contributed by atoms with Crippen molar-refractivity contribution in [2.24, 2.45) is 0 Å². The van der Waals surface area contributed by atoms with Crippen LogP contribution in [0, 0.1) is 13.8 Å². The standard InChI is InChI=1S/C18H18N2O3/c1-11-5-4-6-13(20-11)10-19-18(21)17-12(2)23-16-8-7-14(22-3)9-15(16)17/h4-9H,10H2,1-3H3,(H,19,21). The number of fused-ring (bicyclic) bond motifs is 1. The Labute approximate surface area is 134 Å². The molecule has 23 heavy (non-hydrogen) atoms.